The van der Waals surface area contributed by atoms with Crippen LogP contribution < -0.4 is 11.1 Å². The number of pyridine rings is 1. The predicted octanol–water partition coefficient (Wildman–Crippen LogP) is 0.789. The molecule has 3 N–H and O–H groups in total. The van der Waals surface area contributed by atoms with E-state index < -0.39 is 17.8 Å². The molecule has 0 aliphatic rings. The molecule has 0 saturated heterocycles. The molecule has 0 bridgehead atoms. The van der Waals surface area contributed by atoms with Crippen molar-refractivity contribution >= 4 is 11.6 Å². The van der Waals surface area contributed by atoms with E-state index in [1.165, 1.54) is 10.9 Å². The molecule has 0 fully saturated rings. The van der Waals surface area contributed by atoms with Gasteiger partial charge >= 0.3 is 6.18 Å². The lowest BCUT2D eigenvalue weighted by atomic mass is 10.3. The molecular weight excluding hydrogens is 289 g/mol. The number of halogens is 3. The number of hydrogen-bond acceptors (Lipinski definition) is 5. The van der Waals surface area contributed by atoms with Gasteiger partial charge in [-0.15, -0.1) is 5.10 Å². The Morgan fingerprint density at radius 2 is 2.14 bits per heavy atom. The van der Waals surface area contributed by atoms with E-state index in [-0.39, 0.29) is 18.8 Å². The Balaban J connectivity index is 1.96. The fourth-order valence-corrected chi connectivity index (χ4v) is 1.49. The van der Waals surface area contributed by atoms with Crippen LogP contribution in [0.15, 0.2) is 24.5 Å². The van der Waals surface area contributed by atoms with Gasteiger partial charge in [-0.25, -0.2) is 9.67 Å². The highest BCUT2D eigenvalue weighted by atomic mass is 19.4. The molecule has 0 aliphatic heterocycles. The number of alkyl halides is 3. The maximum absolute atomic E-state index is 12.3. The van der Waals surface area contributed by atoms with Crippen molar-refractivity contribution in [2.75, 3.05) is 5.32 Å². The lowest BCUT2D eigenvalue weighted by Gasteiger charge is -2.07. The molecule has 0 unspecified atom stereocenters. The lowest BCUT2D eigenvalue weighted by molar-refractivity contribution is -0.141. The van der Waals surface area contributed by atoms with Gasteiger partial charge in [0, 0.05) is 6.54 Å². The van der Waals surface area contributed by atoms with Crippen LogP contribution in [0.4, 0.5) is 18.9 Å². The van der Waals surface area contributed by atoms with E-state index in [0.29, 0.717) is 5.69 Å². The zero-order chi connectivity index (χ0) is 15.5. The van der Waals surface area contributed by atoms with Gasteiger partial charge in [-0.3, -0.25) is 4.79 Å². The minimum atomic E-state index is -4.51. The Labute approximate surface area is 117 Å². The summed E-state index contributed by atoms with van der Waals surface area (Å²) in [5.41, 5.74) is 5.01. The van der Waals surface area contributed by atoms with Crippen LogP contribution in [0, 0.1) is 0 Å². The van der Waals surface area contributed by atoms with Crippen LogP contribution in [0.1, 0.15) is 11.4 Å². The van der Waals surface area contributed by atoms with E-state index in [1.54, 1.807) is 0 Å². The topological polar surface area (TPSA) is 98.7 Å². The molecule has 2 rings (SSSR count). The summed E-state index contributed by atoms with van der Waals surface area (Å²) in [6, 6.07) is 1.91. The Bertz CT molecular complexity index is 622. The quantitative estimate of drug-likeness (QED) is 0.869. The summed E-state index contributed by atoms with van der Waals surface area (Å²) in [6.07, 6.45) is -2.07. The van der Waals surface area contributed by atoms with Crippen molar-refractivity contribution in [3.63, 3.8) is 0 Å². The summed E-state index contributed by atoms with van der Waals surface area (Å²) in [6.45, 7) is 0.0679. The number of carbonyl (C=O) groups excluding carboxylic acids is 1. The van der Waals surface area contributed by atoms with Crippen molar-refractivity contribution < 1.29 is 18.0 Å². The molecule has 2 heterocycles. The molecule has 7 nitrogen and oxygen atoms in total. The highest BCUT2D eigenvalue weighted by Crippen LogP contribution is 2.27. The van der Waals surface area contributed by atoms with Gasteiger partial charge in [0.15, 0.2) is 0 Å². The molecule has 0 aromatic carbocycles. The highest BCUT2D eigenvalue weighted by molar-refractivity contribution is 5.90. The van der Waals surface area contributed by atoms with Gasteiger partial charge in [0.05, 0.1) is 23.8 Å². The zero-order valence-corrected chi connectivity index (χ0v) is 10.6. The second-order valence-electron chi connectivity index (χ2n) is 4.09. The van der Waals surface area contributed by atoms with Crippen molar-refractivity contribution in [3.8, 4) is 0 Å². The smallest absolute Gasteiger partial charge is 0.325 e. The van der Waals surface area contributed by atoms with E-state index >= 15 is 0 Å². The minimum Gasteiger partial charge on any atom is -0.325 e. The molecule has 0 aliphatic carbocycles. The van der Waals surface area contributed by atoms with Crippen LogP contribution in [-0.4, -0.2) is 25.9 Å². The number of rotatable bonds is 4. The zero-order valence-electron chi connectivity index (χ0n) is 10.6. The van der Waals surface area contributed by atoms with E-state index in [1.807, 2.05) is 0 Å². The summed E-state index contributed by atoms with van der Waals surface area (Å²) >= 11 is 0. The number of carbonyl (C=O) groups is 1. The van der Waals surface area contributed by atoms with Crippen LogP contribution in [0.25, 0.3) is 0 Å². The number of nitrogens with two attached hydrogens (primary N) is 1. The summed E-state index contributed by atoms with van der Waals surface area (Å²) in [5.74, 6) is -0.468. The molecule has 2 aromatic heterocycles. The molecular formula is C11H11F3N6O. The van der Waals surface area contributed by atoms with E-state index in [0.717, 1.165) is 18.3 Å². The second kappa shape index (κ2) is 5.87. The van der Waals surface area contributed by atoms with Gasteiger partial charge in [0.25, 0.3) is 0 Å². The fourth-order valence-electron chi connectivity index (χ4n) is 1.49. The number of nitrogens with zero attached hydrogens (tertiary/aromatic N) is 4. The molecule has 10 heteroatoms. The summed E-state index contributed by atoms with van der Waals surface area (Å²) < 4.78 is 38.3. The fraction of sp³-hybridized carbons (Fsp3) is 0.273. The van der Waals surface area contributed by atoms with E-state index in [9.17, 15) is 18.0 Å². The maximum atomic E-state index is 12.3. The minimum absolute atomic E-state index is 0.131. The SMILES string of the molecule is NCc1cn(CC(=O)Nc2ccc(C(F)(F)F)nc2)nn1. The van der Waals surface area contributed by atoms with Crippen molar-refractivity contribution in [1.29, 1.82) is 0 Å². The highest BCUT2D eigenvalue weighted by Gasteiger charge is 2.32. The average molecular weight is 300 g/mol. The third-order valence-electron chi connectivity index (χ3n) is 2.44. The number of nitrogens with one attached hydrogen (secondary N) is 1. The van der Waals surface area contributed by atoms with Gasteiger partial charge in [-0.2, -0.15) is 13.2 Å². The third kappa shape index (κ3) is 3.99. The van der Waals surface area contributed by atoms with Crippen LogP contribution in [0.2, 0.25) is 0 Å². The molecule has 1 amide bonds. The van der Waals surface area contributed by atoms with Gasteiger partial charge in [-0.1, -0.05) is 5.21 Å². The number of amides is 1. The molecule has 0 saturated carbocycles. The molecule has 21 heavy (non-hydrogen) atoms. The van der Waals surface area contributed by atoms with Crippen LogP contribution >= 0.6 is 0 Å². The summed E-state index contributed by atoms with van der Waals surface area (Å²) in [4.78, 5) is 14.9. The number of anilines is 1. The monoisotopic (exact) mass is 300 g/mol. The van der Waals surface area contributed by atoms with Crippen molar-refractivity contribution in [2.24, 2.45) is 5.73 Å². The standard InChI is InChI=1S/C11H11F3N6O/c12-11(13,14)9-2-1-7(4-16-9)17-10(21)6-20-5-8(3-15)18-19-20/h1-2,4-5H,3,6,15H2,(H,17,21). The normalized spacial score (nSPS) is 11.4. The van der Waals surface area contributed by atoms with Gasteiger partial charge in [-0.05, 0) is 12.1 Å². The van der Waals surface area contributed by atoms with Gasteiger partial charge in [0.1, 0.15) is 12.2 Å². The van der Waals surface area contributed by atoms with E-state index in [4.69, 9.17) is 5.73 Å². The van der Waals surface area contributed by atoms with Gasteiger partial charge in [0.2, 0.25) is 5.91 Å². The van der Waals surface area contributed by atoms with E-state index in [2.05, 4.69) is 20.6 Å². The maximum Gasteiger partial charge on any atom is 0.433 e. The van der Waals surface area contributed by atoms with Crippen LogP contribution in [0.5, 0.6) is 0 Å². The summed E-state index contributed by atoms with van der Waals surface area (Å²) in [7, 11) is 0. The van der Waals surface area contributed by atoms with Gasteiger partial charge < -0.3 is 11.1 Å². The first kappa shape index (κ1) is 14.9. The predicted molar refractivity (Wildman–Crippen MR) is 65.8 cm³/mol. The molecule has 0 atom stereocenters. The second-order valence-corrected chi connectivity index (χ2v) is 4.09. The van der Waals surface area contributed by atoms with Crippen molar-refractivity contribution in [1.82, 2.24) is 20.0 Å². The molecule has 0 radical (unpaired) electrons. The Morgan fingerprint density at radius 1 is 1.38 bits per heavy atom. The van der Waals surface area contributed by atoms with Crippen LogP contribution in [0.3, 0.4) is 0 Å². The molecule has 112 valence electrons. The van der Waals surface area contributed by atoms with Crippen molar-refractivity contribution in [2.45, 2.75) is 19.3 Å². The van der Waals surface area contributed by atoms with Crippen molar-refractivity contribution in [3.05, 3.63) is 35.9 Å². The Hall–Kier alpha value is -2.49. The third-order valence-corrected chi connectivity index (χ3v) is 2.44. The first-order valence-corrected chi connectivity index (χ1v) is 5.80. The summed E-state index contributed by atoms with van der Waals surface area (Å²) in [5, 5.41) is 9.79. The first-order valence-electron chi connectivity index (χ1n) is 5.80. The largest absolute Gasteiger partial charge is 0.433 e. The Morgan fingerprint density at radius 3 is 2.67 bits per heavy atom. The number of hydrogen-bond donors (Lipinski definition) is 2. The lowest BCUT2D eigenvalue weighted by Crippen LogP contribution is -2.19. The Kier molecular flexibility index (Phi) is 4.17. The molecule has 2 aromatic rings. The van der Waals surface area contributed by atoms with Crippen LogP contribution in [-0.2, 0) is 24.1 Å². The number of aromatic nitrogens is 4. The first-order chi connectivity index (χ1) is 9.88. The molecule has 0 spiro atoms. The average Bonchev–Trinajstić information content (AvgIpc) is 2.85.